The zero-order valence-corrected chi connectivity index (χ0v) is 22.7. The van der Waals surface area contributed by atoms with Gasteiger partial charge in [-0.3, -0.25) is 4.79 Å². The Morgan fingerprint density at radius 3 is 2.44 bits per heavy atom. The second-order valence-corrected chi connectivity index (χ2v) is 10.2. The van der Waals surface area contributed by atoms with Crippen LogP contribution in [0.5, 0.6) is 11.5 Å². The Labute approximate surface area is 240 Å². The molecule has 43 heavy (non-hydrogen) atoms. The van der Waals surface area contributed by atoms with Crippen molar-refractivity contribution in [1.82, 2.24) is 20.3 Å². The molecule has 2 aromatic carbocycles. The van der Waals surface area contributed by atoms with E-state index in [0.29, 0.717) is 11.2 Å². The zero-order valence-electron chi connectivity index (χ0n) is 22.7. The zero-order chi connectivity index (χ0) is 31.2. The van der Waals surface area contributed by atoms with Crippen LogP contribution in [-0.2, 0) is 11.0 Å². The average Bonchev–Trinajstić information content (AvgIpc) is 3.37. The van der Waals surface area contributed by atoms with Gasteiger partial charge in [-0.2, -0.15) is 13.2 Å². The number of rotatable bonds is 8. The van der Waals surface area contributed by atoms with E-state index in [1.54, 1.807) is 6.92 Å². The Morgan fingerprint density at radius 1 is 1.12 bits per heavy atom. The fraction of sp³-hybridized carbons (Fsp3) is 0.310. The second-order valence-electron chi connectivity index (χ2n) is 10.2. The standard InChI is InChI=1S/C29H24F6N4O4/c1-15-10-36-24-20(38-15)7-17(8-21(24)42-2)26(40)37-13-28(41,29(33,34)35)22-9-19-25(43-14-27(19,11-30)12-31)23(39-22)16-3-5-18(32)6-4-16/h3-10,41H,11-14H2,1-2H3,(H,37,40)/t28-/m0/s1. The van der Waals surface area contributed by atoms with Gasteiger partial charge in [-0.1, -0.05) is 0 Å². The van der Waals surface area contributed by atoms with Gasteiger partial charge in [-0.25, -0.2) is 28.1 Å². The molecule has 0 radical (unpaired) electrons. The first-order valence-electron chi connectivity index (χ1n) is 12.8. The molecule has 1 amide bonds. The molecule has 2 aromatic heterocycles. The summed E-state index contributed by atoms with van der Waals surface area (Å²) < 4.78 is 96.5. The summed E-state index contributed by atoms with van der Waals surface area (Å²) in [5.74, 6) is -1.73. The van der Waals surface area contributed by atoms with Crippen LogP contribution in [0.15, 0.2) is 48.7 Å². The van der Waals surface area contributed by atoms with Crippen LogP contribution >= 0.6 is 0 Å². The van der Waals surface area contributed by atoms with Crippen molar-refractivity contribution < 1.29 is 45.7 Å². The lowest BCUT2D eigenvalue weighted by molar-refractivity contribution is -0.265. The predicted octanol–water partition coefficient (Wildman–Crippen LogP) is 4.90. The molecule has 4 aromatic rings. The van der Waals surface area contributed by atoms with Crippen LogP contribution in [0.25, 0.3) is 22.3 Å². The number of aromatic nitrogens is 3. The molecule has 2 N–H and O–H groups in total. The van der Waals surface area contributed by atoms with E-state index in [1.807, 2.05) is 0 Å². The Bertz CT molecular complexity index is 1700. The topological polar surface area (TPSA) is 106 Å². The van der Waals surface area contributed by atoms with E-state index in [2.05, 4.69) is 20.3 Å². The number of amides is 1. The number of hydrogen-bond donors (Lipinski definition) is 2. The van der Waals surface area contributed by atoms with Crippen LogP contribution in [0.4, 0.5) is 26.3 Å². The number of halogens is 6. The van der Waals surface area contributed by atoms with E-state index in [-0.39, 0.29) is 39.4 Å². The third-order valence-electron chi connectivity index (χ3n) is 7.28. The van der Waals surface area contributed by atoms with Crippen molar-refractivity contribution in [2.75, 3.05) is 33.6 Å². The van der Waals surface area contributed by atoms with Crippen molar-refractivity contribution in [1.29, 1.82) is 0 Å². The molecule has 0 saturated heterocycles. The SMILES string of the molecule is COc1cc(C(=O)NC[C@](O)(c2cc3c(c(-c4ccc(F)cc4)n2)OCC3(CF)CF)C(F)(F)F)cc2nc(C)cnc12. The van der Waals surface area contributed by atoms with Crippen LogP contribution in [0, 0.1) is 12.7 Å². The minimum atomic E-state index is -5.43. The number of hydrogen-bond acceptors (Lipinski definition) is 7. The lowest BCUT2D eigenvalue weighted by atomic mass is 9.82. The molecule has 0 unspecified atom stereocenters. The van der Waals surface area contributed by atoms with E-state index in [0.717, 1.165) is 18.2 Å². The maximum Gasteiger partial charge on any atom is 0.424 e. The summed E-state index contributed by atoms with van der Waals surface area (Å²) in [6, 6.07) is 7.71. The number of carbonyl (C=O) groups is 1. The Kier molecular flexibility index (Phi) is 7.67. The summed E-state index contributed by atoms with van der Waals surface area (Å²) in [5, 5.41) is 13.2. The predicted molar refractivity (Wildman–Crippen MR) is 142 cm³/mol. The van der Waals surface area contributed by atoms with E-state index in [1.165, 1.54) is 37.6 Å². The molecular weight excluding hydrogens is 582 g/mol. The first-order chi connectivity index (χ1) is 20.4. The lowest BCUT2D eigenvalue weighted by Gasteiger charge is -2.31. The van der Waals surface area contributed by atoms with Crippen LogP contribution in [0.1, 0.15) is 27.3 Å². The summed E-state index contributed by atoms with van der Waals surface area (Å²) in [7, 11) is 1.32. The molecule has 0 bridgehead atoms. The average molecular weight is 607 g/mol. The summed E-state index contributed by atoms with van der Waals surface area (Å²) in [6.07, 6.45) is -3.96. The van der Waals surface area contributed by atoms with Gasteiger partial charge in [-0.05, 0) is 49.4 Å². The monoisotopic (exact) mass is 606 g/mol. The van der Waals surface area contributed by atoms with Crippen molar-refractivity contribution in [2.24, 2.45) is 0 Å². The van der Waals surface area contributed by atoms with Gasteiger partial charge in [0.1, 0.15) is 48.5 Å². The highest BCUT2D eigenvalue weighted by molar-refractivity contribution is 5.99. The molecule has 0 saturated carbocycles. The highest BCUT2D eigenvalue weighted by atomic mass is 19.4. The fourth-order valence-electron chi connectivity index (χ4n) is 4.75. The van der Waals surface area contributed by atoms with Crippen LogP contribution in [0.3, 0.4) is 0 Å². The highest BCUT2D eigenvalue weighted by Gasteiger charge is 2.57. The maximum absolute atomic E-state index is 14.6. The van der Waals surface area contributed by atoms with Gasteiger partial charge in [0.25, 0.3) is 5.91 Å². The van der Waals surface area contributed by atoms with Gasteiger partial charge in [0.15, 0.2) is 0 Å². The highest BCUT2D eigenvalue weighted by Crippen LogP contribution is 2.48. The smallest absolute Gasteiger partial charge is 0.424 e. The molecule has 5 rings (SSSR count). The molecule has 0 fully saturated rings. The van der Waals surface area contributed by atoms with Gasteiger partial charge in [0.2, 0.25) is 5.60 Å². The minimum Gasteiger partial charge on any atom is -0.494 e. The molecule has 1 aliphatic rings. The molecule has 8 nitrogen and oxygen atoms in total. The first kappa shape index (κ1) is 30.0. The summed E-state index contributed by atoms with van der Waals surface area (Å²) >= 11 is 0. The first-order valence-corrected chi connectivity index (χ1v) is 12.8. The Balaban J connectivity index is 1.58. The molecule has 14 heteroatoms. The number of methoxy groups -OCH3 is 1. The van der Waals surface area contributed by atoms with E-state index < -0.39 is 61.1 Å². The molecule has 1 atom stereocenters. The van der Waals surface area contributed by atoms with E-state index >= 15 is 0 Å². The number of carbonyl (C=O) groups excluding carboxylic acids is 1. The summed E-state index contributed by atoms with van der Waals surface area (Å²) in [4.78, 5) is 25.5. The summed E-state index contributed by atoms with van der Waals surface area (Å²) in [6.45, 7) is -2.96. The van der Waals surface area contributed by atoms with E-state index in [9.17, 15) is 36.2 Å². The number of benzene rings is 2. The second kappa shape index (κ2) is 11.0. The number of nitrogens with zero attached hydrogens (tertiary/aromatic N) is 3. The normalized spacial score (nSPS) is 15.5. The van der Waals surface area contributed by atoms with Crippen LogP contribution < -0.4 is 14.8 Å². The minimum absolute atomic E-state index is 0.0706. The number of aryl methyl sites for hydroxylation is 1. The fourth-order valence-corrected chi connectivity index (χ4v) is 4.75. The number of ether oxygens (including phenoxy) is 2. The molecular formula is C29H24F6N4O4. The third kappa shape index (κ3) is 5.19. The number of fused-ring (bicyclic) bond motifs is 2. The number of alkyl halides is 5. The number of nitrogens with one attached hydrogen (secondary N) is 1. The lowest BCUT2D eigenvalue weighted by Crippen LogP contribution is -2.51. The molecule has 1 aliphatic heterocycles. The van der Waals surface area contributed by atoms with E-state index in [4.69, 9.17) is 9.47 Å². The Hall–Kier alpha value is -4.46. The summed E-state index contributed by atoms with van der Waals surface area (Å²) in [5.41, 5.74) is -6.41. The maximum atomic E-state index is 14.6. The van der Waals surface area contributed by atoms with Crippen molar-refractivity contribution in [2.45, 2.75) is 24.1 Å². The van der Waals surface area contributed by atoms with Crippen molar-refractivity contribution in [3.05, 3.63) is 77.0 Å². The largest absolute Gasteiger partial charge is 0.494 e. The van der Waals surface area contributed by atoms with Crippen LogP contribution in [0.2, 0.25) is 0 Å². The van der Waals surface area contributed by atoms with Crippen molar-refractivity contribution in [3.8, 4) is 22.8 Å². The molecule has 226 valence electrons. The van der Waals surface area contributed by atoms with Gasteiger partial charge in [-0.15, -0.1) is 0 Å². The molecule has 3 heterocycles. The van der Waals surface area contributed by atoms with Gasteiger partial charge < -0.3 is 19.9 Å². The third-order valence-corrected chi connectivity index (χ3v) is 7.28. The Morgan fingerprint density at radius 2 is 1.81 bits per heavy atom. The quantitative estimate of drug-likeness (QED) is 0.275. The van der Waals surface area contributed by atoms with Gasteiger partial charge in [0.05, 0.1) is 36.0 Å². The van der Waals surface area contributed by atoms with Crippen molar-refractivity contribution in [3.63, 3.8) is 0 Å². The number of pyridine rings is 1. The van der Waals surface area contributed by atoms with Gasteiger partial charge >= 0.3 is 6.18 Å². The van der Waals surface area contributed by atoms with Crippen LogP contribution in [-0.4, -0.2) is 65.8 Å². The van der Waals surface area contributed by atoms with Gasteiger partial charge in [0, 0.05) is 22.9 Å². The van der Waals surface area contributed by atoms with Crippen molar-refractivity contribution >= 4 is 16.9 Å². The number of aliphatic hydroxyl groups is 1. The molecule has 0 spiro atoms. The molecule has 0 aliphatic carbocycles.